The summed E-state index contributed by atoms with van der Waals surface area (Å²) >= 11 is 0. The third-order valence-corrected chi connectivity index (χ3v) is 4.53. The highest BCUT2D eigenvalue weighted by atomic mass is 32.2. The van der Waals surface area contributed by atoms with Crippen molar-refractivity contribution in [1.82, 2.24) is 0 Å². The molecule has 0 aliphatic carbocycles. The number of rotatable bonds is 4. The maximum absolute atomic E-state index is 11.6. The molecule has 25 heavy (non-hydrogen) atoms. The number of fused-ring (bicyclic) bond motifs is 1. The predicted molar refractivity (Wildman–Crippen MR) is 98.3 cm³/mol. The van der Waals surface area contributed by atoms with Gasteiger partial charge in [-0.05, 0) is 53.2 Å². The van der Waals surface area contributed by atoms with Gasteiger partial charge in [0.2, 0.25) is 0 Å². The van der Waals surface area contributed by atoms with Gasteiger partial charge in [-0.3, -0.25) is 4.55 Å². The van der Waals surface area contributed by atoms with Gasteiger partial charge >= 0.3 is 0 Å². The highest BCUT2D eigenvalue weighted by Crippen LogP contribution is 2.30. The van der Waals surface area contributed by atoms with Crippen molar-refractivity contribution in [2.24, 2.45) is 10.2 Å². The van der Waals surface area contributed by atoms with Crippen molar-refractivity contribution in [3.05, 3.63) is 54.6 Å². The number of nitrogens with zero attached hydrogens (tertiary/aromatic N) is 2. The van der Waals surface area contributed by atoms with E-state index in [-0.39, 0.29) is 10.6 Å². The molecule has 0 spiro atoms. The molecule has 0 saturated carbocycles. The van der Waals surface area contributed by atoms with E-state index in [2.05, 4.69) is 15.5 Å². The van der Waals surface area contributed by atoms with E-state index < -0.39 is 10.1 Å². The predicted octanol–water partition coefficient (Wildman–Crippen LogP) is 4.13. The Labute approximate surface area is 145 Å². The van der Waals surface area contributed by atoms with Crippen LogP contribution in [0.5, 0.6) is 0 Å². The van der Waals surface area contributed by atoms with Crippen molar-refractivity contribution in [1.29, 1.82) is 0 Å². The first-order valence-corrected chi connectivity index (χ1v) is 8.81. The first kappa shape index (κ1) is 16.9. The van der Waals surface area contributed by atoms with Crippen molar-refractivity contribution >= 4 is 43.6 Å². The second-order valence-electron chi connectivity index (χ2n) is 5.40. The summed E-state index contributed by atoms with van der Waals surface area (Å²) in [7, 11) is -2.77. The molecule has 7 nitrogen and oxygen atoms in total. The van der Waals surface area contributed by atoms with E-state index in [1.807, 2.05) is 24.3 Å². The molecule has 3 aromatic rings. The molecule has 0 heterocycles. The monoisotopic (exact) mass is 356 g/mol. The average Bonchev–Trinajstić information content (AvgIpc) is 2.59. The normalized spacial score (nSPS) is 11.9. The number of benzene rings is 3. The molecule has 0 unspecified atom stereocenters. The summed E-state index contributed by atoms with van der Waals surface area (Å²) in [4.78, 5) is -0.309. The molecular weight excluding hydrogens is 340 g/mol. The van der Waals surface area contributed by atoms with Crippen LogP contribution in [-0.4, -0.2) is 20.0 Å². The zero-order valence-electron chi connectivity index (χ0n) is 13.3. The zero-order chi connectivity index (χ0) is 18.0. The van der Waals surface area contributed by atoms with E-state index >= 15 is 0 Å². The van der Waals surface area contributed by atoms with Crippen molar-refractivity contribution in [3.8, 4) is 0 Å². The van der Waals surface area contributed by atoms with Crippen LogP contribution >= 0.6 is 0 Å². The number of azo groups is 1. The van der Waals surface area contributed by atoms with E-state index in [0.717, 1.165) is 10.8 Å². The van der Waals surface area contributed by atoms with E-state index in [1.165, 1.54) is 12.1 Å². The SMILES string of the molecule is CNc1ccc(N=Nc2ccc3cc(N)ccc3c2)c(S(=O)(=O)O)c1. The third kappa shape index (κ3) is 3.76. The van der Waals surface area contributed by atoms with Crippen LogP contribution in [0.25, 0.3) is 10.8 Å². The first-order chi connectivity index (χ1) is 11.9. The maximum Gasteiger partial charge on any atom is 0.296 e. The zero-order valence-corrected chi connectivity index (χ0v) is 14.2. The van der Waals surface area contributed by atoms with Crippen LogP contribution in [0, 0.1) is 0 Å². The summed E-state index contributed by atoms with van der Waals surface area (Å²) in [5.74, 6) is 0. The summed E-state index contributed by atoms with van der Waals surface area (Å²) in [5.41, 5.74) is 7.56. The Morgan fingerprint density at radius 1 is 0.960 bits per heavy atom. The lowest BCUT2D eigenvalue weighted by atomic mass is 10.1. The van der Waals surface area contributed by atoms with Crippen LogP contribution in [-0.2, 0) is 10.1 Å². The Morgan fingerprint density at radius 3 is 2.40 bits per heavy atom. The van der Waals surface area contributed by atoms with Crippen molar-refractivity contribution in [3.63, 3.8) is 0 Å². The minimum Gasteiger partial charge on any atom is -0.399 e. The van der Waals surface area contributed by atoms with E-state index in [4.69, 9.17) is 5.73 Å². The largest absolute Gasteiger partial charge is 0.399 e. The lowest BCUT2D eigenvalue weighted by Crippen LogP contribution is -2.00. The fraction of sp³-hybridized carbons (Fsp3) is 0.0588. The topological polar surface area (TPSA) is 117 Å². The van der Waals surface area contributed by atoms with Crippen molar-refractivity contribution < 1.29 is 13.0 Å². The van der Waals surface area contributed by atoms with Gasteiger partial charge in [-0.1, -0.05) is 12.1 Å². The molecule has 0 bridgehead atoms. The first-order valence-electron chi connectivity index (χ1n) is 7.37. The Morgan fingerprint density at radius 2 is 1.68 bits per heavy atom. The van der Waals surface area contributed by atoms with Gasteiger partial charge in [-0.25, -0.2) is 0 Å². The van der Waals surface area contributed by atoms with Crippen LogP contribution in [0.3, 0.4) is 0 Å². The molecule has 0 saturated heterocycles. The molecule has 0 aliphatic rings. The Hall–Kier alpha value is -2.97. The minimum atomic E-state index is -4.42. The van der Waals surface area contributed by atoms with Gasteiger partial charge in [-0.15, -0.1) is 5.11 Å². The Bertz CT molecular complexity index is 1080. The van der Waals surface area contributed by atoms with Gasteiger partial charge in [0.1, 0.15) is 10.6 Å². The van der Waals surface area contributed by atoms with Crippen molar-refractivity contribution in [2.45, 2.75) is 4.90 Å². The van der Waals surface area contributed by atoms with Gasteiger partial charge in [0.25, 0.3) is 10.1 Å². The molecule has 0 aliphatic heterocycles. The third-order valence-electron chi connectivity index (χ3n) is 3.65. The van der Waals surface area contributed by atoms with Gasteiger partial charge in [0.05, 0.1) is 5.69 Å². The molecule has 8 heteroatoms. The summed E-state index contributed by atoms with van der Waals surface area (Å²) in [6.07, 6.45) is 0. The van der Waals surface area contributed by atoms with Crippen LogP contribution in [0.15, 0.2) is 69.7 Å². The minimum absolute atomic E-state index is 0.0545. The molecular formula is C17H16N4O3S. The smallest absolute Gasteiger partial charge is 0.296 e. The Kier molecular flexibility index (Phi) is 4.39. The molecule has 0 aromatic heterocycles. The highest BCUT2D eigenvalue weighted by molar-refractivity contribution is 7.86. The number of nitrogen functional groups attached to an aromatic ring is 1. The standard InChI is InChI=1S/C17H16N4O3S/c1-19-14-6-7-16(17(10-14)25(22,23)24)21-20-15-5-3-11-8-13(18)4-2-12(11)9-15/h2-10,19H,18H2,1H3,(H,22,23,24). The number of hydrogen-bond acceptors (Lipinski definition) is 6. The van der Waals surface area contributed by atoms with Crippen LogP contribution < -0.4 is 11.1 Å². The van der Waals surface area contributed by atoms with E-state index in [9.17, 15) is 13.0 Å². The van der Waals surface area contributed by atoms with Gasteiger partial charge in [-0.2, -0.15) is 13.5 Å². The molecule has 0 atom stereocenters. The summed E-state index contributed by atoms with van der Waals surface area (Å²) in [5, 5.41) is 12.8. The fourth-order valence-electron chi connectivity index (χ4n) is 2.38. The summed E-state index contributed by atoms with van der Waals surface area (Å²) in [6, 6.07) is 15.3. The fourth-order valence-corrected chi connectivity index (χ4v) is 3.03. The highest BCUT2D eigenvalue weighted by Gasteiger charge is 2.16. The second-order valence-corrected chi connectivity index (χ2v) is 6.79. The molecule has 0 fully saturated rings. The van der Waals surface area contributed by atoms with Gasteiger partial charge in [0.15, 0.2) is 0 Å². The molecule has 3 rings (SSSR count). The quantitative estimate of drug-likeness (QED) is 0.369. The summed E-state index contributed by atoms with van der Waals surface area (Å²) in [6.45, 7) is 0. The number of nitrogens with one attached hydrogen (secondary N) is 1. The van der Waals surface area contributed by atoms with Crippen LogP contribution in [0.4, 0.5) is 22.7 Å². The summed E-state index contributed by atoms with van der Waals surface area (Å²) < 4.78 is 32.5. The molecule has 3 aromatic carbocycles. The second kappa shape index (κ2) is 6.50. The van der Waals surface area contributed by atoms with E-state index in [0.29, 0.717) is 17.1 Å². The van der Waals surface area contributed by atoms with Crippen LogP contribution in [0.1, 0.15) is 0 Å². The molecule has 4 N–H and O–H groups in total. The molecule has 0 radical (unpaired) electrons. The molecule has 0 amide bonds. The van der Waals surface area contributed by atoms with Gasteiger partial charge < -0.3 is 11.1 Å². The number of anilines is 2. The lowest BCUT2D eigenvalue weighted by molar-refractivity contribution is 0.483. The van der Waals surface area contributed by atoms with Crippen molar-refractivity contribution in [2.75, 3.05) is 18.1 Å². The number of nitrogens with two attached hydrogens (primary N) is 1. The average molecular weight is 356 g/mol. The van der Waals surface area contributed by atoms with Gasteiger partial charge in [0, 0.05) is 18.4 Å². The molecule has 128 valence electrons. The Balaban J connectivity index is 2.00. The van der Waals surface area contributed by atoms with Crippen LogP contribution in [0.2, 0.25) is 0 Å². The number of hydrogen-bond donors (Lipinski definition) is 3. The van der Waals surface area contributed by atoms with E-state index in [1.54, 1.807) is 25.2 Å². The lowest BCUT2D eigenvalue weighted by Gasteiger charge is -2.05. The maximum atomic E-state index is 11.6.